The van der Waals surface area contributed by atoms with E-state index < -0.39 is 0 Å². The molecular weight excluding hydrogens is 210 g/mol. The van der Waals surface area contributed by atoms with Crippen molar-refractivity contribution >= 4 is 0 Å². The van der Waals surface area contributed by atoms with Crippen molar-refractivity contribution in [1.29, 1.82) is 0 Å². The fourth-order valence-electron chi connectivity index (χ4n) is 3.15. The molecular formula is C15H23NO. The molecule has 1 saturated carbocycles. The Balaban J connectivity index is 2.15. The Morgan fingerprint density at radius 3 is 2.82 bits per heavy atom. The first-order valence-corrected chi connectivity index (χ1v) is 6.82. The van der Waals surface area contributed by atoms with E-state index in [1.165, 1.54) is 25.7 Å². The average molecular weight is 233 g/mol. The Morgan fingerprint density at radius 2 is 2.12 bits per heavy atom. The maximum atomic E-state index is 10.5. The molecule has 1 aromatic rings. The van der Waals surface area contributed by atoms with Crippen molar-refractivity contribution in [3.8, 4) is 0 Å². The van der Waals surface area contributed by atoms with Crippen LogP contribution in [-0.2, 0) is 0 Å². The van der Waals surface area contributed by atoms with Gasteiger partial charge in [-0.2, -0.15) is 0 Å². The van der Waals surface area contributed by atoms with Gasteiger partial charge in [0.1, 0.15) is 0 Å². The highest BCUT2D eigenvalue weighted by Crippen LogP contribution is 2.40. The molecule has 0 amide bonds. The second-order valence-electron chi connectivity index (χ2n) is 5.36. The molecule has 17 heavy (non-hydrogen) atoms. The summed E-state index contributed by atoms with van der Waals surface area (Å²) in [4.78, 5) is 4.19. The van der Waals surface area contributed by atoms with E-state index in [0.29, 0.717) is 11.8 Å². The zero-order chi connectivity index (χ0) is 12.3. The SMILES string of the molecule is CCC1CCCCC1C(O)c1cncc(C)c1. The van der Waals surface area contributed by atoms with Crippen molar-refractivity contribution in [2.45, 2.75) is 52.1 Å². The third-order valence-electron chi connectivity index (χ3n) is 4.14. The lowest BCUT2D eigenvalue weighted by atomic mass is 9.73. The van der Waals surface area contributed by atoms with Gasteiger partial charge in [0.15, 0.2) is 0 Å². The van der Waals surface area contributed by atoms with Crippen LogP contribution in [0.15, 0.2) is 18.5 Å². The van der Waals surface area contributed by atoms with E-state index in [4.69, 9.17) is 0 Å². The Labute approximate surface area is 104 Å². The Morgan fingerprint density at radius 1 is 1.35 bits per heavy atom. The van der Waals surface area contributed by atoms with Crippen molar-refractivity contribution in [3.05, 3.63) is 29.6 Å². The first-order valence-electron chi connectivity index (χ1n) is 6.82. The number of pyridine rings is 1. The highest BCUT2D eigenvalue weighted by atomic mass is 16.3. The van der Waals surface area contributed by atoms with Gasteiger partial charge in [-0.15, -0.1) is 0 Å². The van der Waals surface area contributed by atoms with Gasteiger partial charge in [-0.1, -0.05) is 38.7 Å². The van der Waals surface area contributed by atoms with Crippen molar-refractivity contribution in [2.24, 2.45) is 11.8 Å². The Hall–Kier alpha value is -0.890. The number of nitrogens with zero attached hydrogens (tertiary/aromatic N) is 1. The molecule has 1 aliphatic carbocycles. The monoisotopic (exact) mass is 233 g/mol. The van der Waals surface area contributed by atoms with Crippen LogP contribution in [0.2, 0.25) is 0 Å². The van der Waals surface area contributed by atoms with Crippen LogP contribution in [0.3, 0.4) is 0 Å². The van der Waals surface area contributed by atoms with Crippen LogP contribution in [0.1, 0.15) is 56.3 Å². The minimum absolute atomic E-state index is 0.326. The smallest absolute Gasteiger partial charge is 0.0835 e. The maximum absolute atomic E-state index is 10.5. The van der Waals surface area contributed by atoms with E-state index in [1.807, 2.05) is 19.3 Å². The van der Waals surface area contributed by atoms with Gasteiger partial charge in [0.05, 0.1) is 6.10 Å². The van der Waals surface area contributed by atoms with E-state index >= 15 is 0 Å². The van der Waals surface area contributed by atoms with Gasteiger partial charge in [-0.3, -0.25) is 4.98 Å². The fourth-order valence-corrected chi connectivity index (χ4v) is 3.15. The predicted molar refractivity (Wildman–Crippen MR) is 69.7 cm³/mol. The Kier molecular flexibility index (Phi) is 4.16. The molecule has 0 aromatic carbocycles. The third-order valence-corrected chi connectivity index (χ3v) is 4.14. The predicted octanol–water partition coefficient (Wildman–Crippen LogP) is 3.64. The summed E-state index contributed by atoms with van der Waals surface area (Å²) in [5.74, 6) is 1.11. The summed E-state index contributed by atoms with van der Waals surface area (Å²) >= 11 is 0. The molecule has 2 rings (SSSR count). The average Bonchev–Trinajstić information content (AvgIpc) is 2.38. The lowest BCUT2D eigenvalue weighted by molar-refractivity contribution is 0.0449. The van der Waals surface area contributed by atoms with Crippen LogP contribution < -0.4 is 0 Å². The first-order chi connectivity index (χ1) is 8.22. The summed E-state index contributed by atoms with van der Waals surface area (Å²) in [6.07, 6.45) is 9.54. The summed E-state index contributed by atoms with van der Waals surface area (Å²) < 4.78 is 0. The molecule has 2 heteroatoms. The number of hydrogen-bond acceptors (Lipinski definition) is 2. The Bertz CT molecular complexity index is 364. The molecule has 1 aliphatic rings. The lowest BCUT2D eigenvalue weighted by Gasteiger charge is -2.34. The minimum atomic E-state index is -0.326. The molecule has 1 fully saturated rings. The van der Waals surface area contributed by atoms with Crippen molar-refractivity contribution in [2.75, 3.05) is 0 Å². The van der Waals surface area contributed by atoms with Crippen molar-refractivity contribution in [1.82, 2.24) is 4.98 Å². The topological polar surface area (TPSA) is 33.1 Å². The molecule has 3 unspecified atom stereocenters. The summed E-state index contributed by atoms with van der Waals surface area (Å²) in [6, 6.07) is 2.07. The maximum Gasteiger partial charge on any atom is 0.0835 e. The van der Waals surface area contributed by atoms with Crippen LogP contribution in [0, 0.1) is 18.8 Å². The second-order valence-corrected chi connectivity index (χ2v) is 5.36. The molecule has 2 nitrogen and oxygen atoms in total. The van der Waals surface area contributed by atoms with Gasteiger partial charge in [0.2, 0.25) is 0 Å². The largest absolute Gasteiger partial charge is 0.388 e. The molecule has 1 N–H and O–H groups in total. The fraction of sp³-hybridized carbons (Fsp3) is 0.667. The molecule has 1 aromatic heterocycles. The first kappa shape index (κ1) is 12.6. The second kappa shape index (κ2) is 5.63. The highest BCUT2D eigenvalue weighted by Gasteiger charge is 2.30. The van der Waals surface area contributed by atoms with Gasteiger partial charge in [-0.05, 0) is 36.3 Å². The molecule has 0 spiro atoms. The zero-order valence-electron chi connectivity index (χ0n) is 10.9. The van der Waals surface area contributed by atoms with Gasteiger partial charge in [-0.25, -0.2) is 0 Å². The summed E-state index contributed by atoms with van der Waals surface area (Å²) in [5.41, 5.74) is 2.13. The van der Waals surface area contributed by atoms with Gasteiger partial charge in [0.25, 0.3) is 0 Å². The van der Waals surface area contributed by atoms with Crippen LogP contribution in [0.5, 0.6) is 0 Å². The van der Waals surface area contributed by atoms with E-state index in [0.717, 1.165) is 17.5 Å². The van der Waals surface area contributed by atoms with Crippen molar-refractivity contribution < 1.29 is 5.11 Å². The van der Waals surface area contributed by atoms with Crippen molar-refractivity contribution in [3.63, 3.8) is 0 Å². The molecule has 0 aliphatic heterocycles. The highest BCUT2D eigenvalue weighted by molar-refractivity contribution is 5.19. The van der Waals surface area contributed by atoms with Crippen LogP contribution in [0.25, 0.3) is 0 Å². The summed E-state index contributed by atoms with van der Waals surface area (Å²) in [5, 5.41) is 10.5. The molecule has 3 atom stereocenters. The number of hydrogen-bond donors (Lipinski definition) is 1. The van der Waals surface area contributed by atoms with Gasteiger partial charge < -0.3 is 5.11 Å². The molecule has 0 saturated heterocycles. The number of aliphatic hydroxyl groups is 1. The third kappa shape index (κ3) is 2.86. The normalized spacial score (nSPS) is 26.8. The summed E-state index contributed by atoms with van der Waals surface area (Å²) in [6.45, 7) is 4.27. The van der Waals surface area contributed by atoms with Crippen LogP contribution in [0.4, 0.5) is 0 Å². The van der Waals surface area contributed by atoms with Crippen LogP contribution in [-0.4, -0.2) is 10.1 Å². The number of aromatic nitrogens is 1. The number of aryl methyl sites for hydroxylation is 1. The molecule has 0 radical (unpaired) electrons. The van der Waals surface area contributed by atoms with E-state index in [-0.39, 0.29) is 6.10 Å². The van der Waals surface area contributed by atoms with Gasteiger partial charge in [0, 0.05) is 12.4 Å². The lowest BCUT2D eigenvalue weighted by Crippen LogP contribution is -2.25. The molecule has 0 bridgehead atoms. The van der Waals surface area contributed by atoms with Gasteiger partial charge >= 0.3 is 0 Å². The minimum Gasteiger partial charge on any atom is -0.388 e. The van der Waals surface area contributed by atoms with Crippen LogP contribution >= 0.6 is 0 Å². The summed E-state index contributed by atoms with van der Waals surface area (Å²) in [7, 11) is 0. The number of rotatable bonds is 3. The quantitative estimate of drug-likeness (QED) is 0.864. The zero-order valence-corrected chi connectivity index (χ0v) is 10.9. The number of aliphatic hydroxyl groups excluding tert-OH is 1. The molecule has 1 heterocycles. The van der Waals surface area contributed by atoms with E-state index in [2.05, 4.69) is 18.0 Å². The van der Waals surface area contributed by atoms with E-state index in [1.54, 1.807) is 0 Å². The standard InChI is InChI=1S/C15H23NO/c1-3-12-6-4-5-7-14(12)15(17)13-8-11(2)9-16-10-13/h8-10,12,14-15,17H,3-7H2,1-2H3. The molecule has 94 valence electrons. The van der Waals surface area contributed by atoms with E-state index in [9.17, 15) is 5.11 Å².